The summed E-state index contributed by atoms with van der Waals surface area (Å²) in [5.74, 6) is 0.696. The van der Waals surface area contributed by atoms with Gasteiger partial charge in [0.1, 0.15) is 5.75 Å². The van der Waals surface area contributed by atoms with Crippen molar-refractivity contribution in [3.63, 3.8) is 0 Å². The molecule has 3 nitrogen and oxygen atoms in total. The molecule has 0 spiro atoms. The zero-order valence-electron chi connectivity index (χ0n) is 10.3. The van der Waals surface area contributed by atoms with E-state index >= 15 is 0 Å². The largest absolute Gasteiger partial charge is 0.481 e. The summed E-state index contributed by atoms with van der Waals surface area (Å²) < 4.78 is 5.63. The number of rotatable bonds is 4. The smallest absolute Gasteiger partial charge is 0.260 e. The number of nitrogens with one attached hydrogen (secondary N) is 1. The first-order valence-electron chi connectivity index (χ1n) is 5.56. The second-order valence-electron chi connectivity index (χ2n) is 3.85. The summed E-state index contributed by atoms with van der Waals surface area (Å²) in [6.07, 6.45) is -0.458. The van der Waals surface area contributed by atoms with Crippen LogP contribution in [0.2, 0.25) is 0 Å². The average molecular weight is 221 g/mol. The van der Waals surface area contributed by atoms with Crippen LogP contribution in [0, 0.1) is 13.8 Å². The number of hydrogen-bond acceptors (Lipinski definition) is 2. The Balaban J connectivity index is 2.73. The van der Waals surface area contributed by atoms with Crippen molar-refractivity contribution in [2.75, 3.05) is 6.54 Å². The summed E-state index contributed by atoms with van der Waals surface area (Å²) in [4.78, 5) is 11.5. The minimum Gasteiger partial charge on any atom is -0.481 e. The fraction of sp³-hybridized carbons (Fsp3) is 0.462. The highest BCUT2D eigenvalue weighted by molar-refractivity contribution is 5.80. The molecule has 0 bridgehead atoms. The molecule has 16 heavy (non-hydrogen) atoms. The van der Waals surface area contributed by atoms with E-state index in [1.165, 1.54) is 5.56 Å². The van der Waals surface area contributed by atoms with Crippen molar-refractivity contribution in [1.82, 2.24) is 5.32 Å². The van der Waals surface area contributed by atoms with Gasteiger partial charge in [-0.1, -0.05) is 12.1 Å². The lowest BCUT2D eigenvalue weighted by Crippen LogP contribution is -2.36. The van der Waals surface area contributed by atoms with Gasteiger partial charge in [0.2, 0.25) is 0 Å². The average Bonchev–Trinajstić information content (AvgIpc) is 2.25. The number of amides is 1. The zero-order valence-corrected chi connectivity index (χ0v) is 10.3. The Hall–Kier alpha value is -1.51. The Morgan fingerprint density at radius 2 is 2.12 bits per heavy atom. The van der Waals surface area contributed by atoms with Gasteiger partial charge < -0.3 is 10.1 Å². The lowest BCUT2D eigenvalue weighted by Gasteiger charge is -2.16. The van der Waals surface area contributed by atoms with Crippen LogP contribution >= 0.6 is 0 Å². The van der Waals surface area contributed by atoms with Crippen LogP contribution in [0.1, 0.15) is 25.0 Å². The van der Waals surface area contributed by atoms with E-state index in [1.807, 2.05) is 39.0 Å². The number of ether oxygens (including phenoxy) is 1. The van der Waals surface area contributed by atoms with E-state index < -0.39 is 6.10 Å². The highest BCUT2D eigenvalue weighted by atomic mass is 16.5. The first-order chi connectivity index (χ1) is 7.56. The van der Waals surface area contributed by atoms with Crippen LogP contribution in [-0.4, -0.2) is 18.6 Å². The van der Waals surface area contributed by atoms with Crippen molar-refractivity contribution < 1.29 is 9.53 Å². The van der Waals surface area contributed by atoms with Crippen LogP contribution in [-0.2, 0) is 4.79 Å². The van der Waals surface area contributed by atoms with Gasteiger partial charge in [0, 0.05) is 6.54 Å². The van der Waals surface area contributed by atoms with Gasteiger partial charge >= 0.3 is 0 Å². The maximum absolute atomic E-state index is 11.5. The summed E-state index contributed by atoms with van der Waals surface area (Å²) in [5, 5.41) is 2.74. The molecule has 1 atom stereocenters. The highest BCUT2D eigenvalue weighted by Crippen LogP contribution is 2.21. The molecule has 1 amide bonds. The minimum atomic E-state index is -0.458. The molecule has 0 heterocycles. The fourth-order valence-corrected chi connectivity index (χ4v) is 1.41. The molecule has 1 aromatic rings. The minimum absolute atomic E-state index is 0.0802. The topological polar surface area (TPSA) is 38.3 Å². The van der Waals surface area contributed by atoms with E-state index in [4.69, 9.17) is 4.74 Å². The molecule has 1 rings (SSSR count). The quantitative estimate of drug-likeness (QED) is 0.846. The van der Waals surface area contributed by atoms with Gasteiger partial charge in [0.05, 0.1) is 0 Å². The summed E-state index contributed by atoms with van der Waals surface area (Å²) in [7, 11) is 0. The third-order valence-corrected chi connectivity index (χ3v) is 2.58. The van der Waals surface area contributed by atoms with Crippen LogP contribution < -0.4 is 10.1 Å². The lowest BCUT2D eigenvalue weighted by molar-refractivity contribution is -0.127. The SMILES string of the molecule is CCNC(=O)[C@@H](C)Oc1cccc(C)c1C. The molecule has 0 saturated carbocycles. The van der Waals surface area contributed by atoms with Gasteiger partial charge in [-0.2, -0.15) is 0 Å². The second-order valence-corrected chi connectivity index (χ2v) is 3.85. The highest BCUT2D eigenvalue weighted by Gasteiger charge is 2.14. The van der Waals surface area contributed by atoms with Crippen LogP contribution in [0.15, 0.2) is 18.2 Å². The molecule has 88 valence electrons. The summed E-state index contributed by atoms with van der Waals surface area (Å²) in [5.41, 5.74) is 2.25. The van der Waals surface area contributed by atoms with Crippen molar-refractivity contribution in [3.8, 4) is 5.75 Å². The Bertz CT molecular complexity index is 374. The molecule has 0 saturated heterocycles. The van der Waals surface area contributed by atoms with E-state index in [-0.39, 0.29) is 5.91 Å². The van der Waals surface area contributed by atoms with Gasteiger partial charge in [-0.15, -0.1) is 0 Å². The van der Waals surface area contributed by atoms with Gasteiger partial charge in [0.15, 0.2) is 6.10 Å². The monoisotopic (exact) mass is 221 g/mol. The molecule has 0 fully saturated rings. The molecular formula is C13H19NO2. The molecule has 1 N–H and O–H groups in total. The number of aryl methyl sites for hydroxylation is 1. The molecule has 0 aliphatic rings. The van der Waals surface area contributed by atoms with Gasteiger partial charge in [-0.25, -0.2) is 0 Å². The summed E-state index contributed by atoms with van der Waals surface area (Å²) in [6.45, 7) is 8.29. The molecule has 0 radical (unpaired) electrons. The van der Waals surface area contributed by atoms with Crippen molar-refractivity contribution in [2.24, 2.45) is 0 Å². The van der Waals surface area contributed by atoms with Crippen molar-refractivity contribution in [3.05, 3.63) is 29.3 Å². The van der Waals surface area contributed by atoms with Crippen molar-refractivity contribution >= 4 is 5.91 Å². The second kappa shape index (κ2) is 5.54. The molecular weight excluding hydrogens is 202 g/mol. The first-order valence-corrected chi connectivity index (χ1v) is 5.56. The third kappa shape index (κ3) is 2.99. The Kier molecular flexibility index (Phi) is 4.35. The maximum Gasteiger partial charge on any atom is 0.260 e. The number of benzene rings is 1. The number of carbonyl (C=O) groups is 1. The van der Waals surface area contributed by atoms with Crippen LogP contribution in [0.3, 0.4) is 0 Å². The Labute approximate surface area is 96.8 Å². The van der Waals surface area contributed by atoms with Crippen LogP contribution in [0.5, 0.6) is 5.75 Å². The Morgan fingerprint density at radius 3 is 2.75 bits per heavy atom. The predicted octanol–water partition coefficient (Wildman–Crippen LogP) is 2.21. The summed E-state index contributed by atoms with van der Waals surface area (Å²) >= 11 is 0. The van der Waals surface area contributed by atoms with Gasteiger partial charge in [-0.05, 0) is 44.9 Å². The maximum atomic E-state index is 11.5. The van der Waals surface area contributed by atoms with Gasteiger partial charge in [-0.3, -0.25) is 4.79 Å². The lowest BCUT2D eigenvalue weighted by atomic mass is 10.1. The molecule has 0 aliphatic carbocycles. The van der Waals surface area contributed by atoms with Crippen molar-refractivity contribution in [2.45, 2.75) is 33.8 Å². The van der Waals surface area contributed by atoms with E-state index in [9.17, 15) is 4.79 Å². The zero-order chi connectivity index (χ0) is 12.1. The van der Waals surface area contributed by atoms with E-state index in [0.29, 0.717) is 6.54 Å². The molecule has 0 aliphatic heterocycles. The predicted molar refractivity (Wildman–Crippen MR) is 64.7 cm³/mol. The summed E-state index contributed by atoms with van der Waals surface area (Å²) in [6, 6.07) is 5.85. The third-order valence-electron chi connectivity index (χ3n) is 2.58. The standard InChI is InChI=1S/C13H19NO2/c1-5-14-13(15)11(4)16-12-8-6-7-9(2)10(12)3/h6-8,11H,5H2,1-4H3,(H,14,15)/t11-/m1/s1. The molecule has 1 aromatic carbocycles. The first kappa shape index (κ1) is 12.6. The molecule has 0 aromatic heterocycles. The van der Waals surface area contributed by atoms with Crippen molar-refractivity contribution in [1.29, 1.82) is 0 Å². The van der Waals surface area contributed by atoms with Crippen LogP contribution in [0.25, 0.3) is 0 Å². The Morgan fingerprint density at radius 1 is 1.44 bits per heavy atom. The van der Waals surface area contributed by atoms with Crippen LogP contribution in [0.4, 0.5) is 0 Å². The van der Waals surface area contributed by atoms with E-state index in [0.717, 1.165) is 11.3 Å². The molecule has 0 unspecified atom stereocenters. The van der Waals surface area contributed by atoms with E-state index in [1.54, 1.807) is 6.92 Å². The van der Waals surface area contributed by atoms with E-state index in [2.05, 4.69) is 5.32 Å². The van der Waals surface area contributed by atoms with Gasteiger partial charge in [0.25, 0.3) is 5.91 Å². The number of likely N-dealkylation sites (N-methyl/N-ethyl adjacent to an activating group) is 1. The number of hydrogen-bond donors (Lipinski definition) is 1. The fourth-order valence-electron chi connectivity index (χ4n) is 1.41. The molecule has 3 heteroatoms. The number of carbonyl (C=O) groups excluding carboxylic acids is 1. The normalized spacial score (nSPS) is 12.0.